The van der Waals surface area contributed by atoms with E-state index < -0.39 is 4.92 Å². The Morgan fingerprint density at radius 2 is 2.08 bits per heavy atom. The van der Waals surface area contributed by atoms with Crippen LogP contribution in [0.4, 0.5) is 22.9 Å². The predicted molar refractivity (Wildman–Crippen MR) is 101 cm³/mol. The van der Waals surface area contributed by atoms with E-state index in [0.717, 1.165) is 0 Å². The lowest BCUT2D eigenvalue weighted by atomic mass is 10.1. The van der Waals surface area contributed by atoms with Gasteiger partial charge >= 0.3 is 0 Å². The third-order valence-electron chi connectivity index (χ3n) is 4.22. The van der Waals surface area contributed by atoms with Crippen molar-refractivity contribution in [2.24, 2.45) is 4.99 Å². The number of benzene rings is 2. The summed E-state index contributed by atoms with van der Waals surface area (Å²) >= 11 is 5.99. The number of hydrogen-bond donors (Lipinski definition) is 0. The molecule has 0 fully saturated rings. The molecule has 3 aromatic rings. The Hall–Kier alpha value is -3.19. The van der Waals surface area contributed by atoms with Gasteiger partial charge in [-0.05, 0) is 31.2 Å². The summed E-state index contributed by atoms with van der Waals surface area (Å²) in [4.78, 5) is 29.6. The zero-order valence-electron chi connectivity index (χ0n) is 13.6. The molecular formula is C18H12ClN3O4. The largest absolute Gasteiger partial charge is 0.439 e. The molecule has 1 aromatic heterocycles. The van der Waals surface area contributed by atoms with Crippen molar-refractivity contribution in [2.45, 2.75) is 6.92 Å². The Morgan fingerprint density at radius 1 is 1.27 bits per heavy atom. The molecule has 0 atom stereocenters. The van der Waals surface area contributed by atoms with Gasteiger partial charge in [0.15, 0.2) is 0 Å². The average Bonchev–Trinajstić information content (AvgIpc) is 2.78. The number of hydrogen-bond acceptors (Lipinski definition) is 6. The highest BCUT2D eigenvalue weighted by Gasteiger charge is 2.25. The molecule has 7 nitrogen and oxygen atoms in total. The molecular weight excluding hydrogens is 358 g/mol. The van der Waals surface area contributed by atoms with Crippen molar-refractivity contribution in [1.82, 2.24) is 0 Å². The lowest BCUT2D eigenvalue weighted by Gasteiger charge is -2.22. The van der Waals surface area contributed by atoms with Crippen LogP contribution >= 0.6 is 11.6 Å². The normalized spacial score (nSPS) is 12.6. The van der Waals surface area contributed by atoms with Crippen LogP contribution < -0.4 is 10.3 Å². The molecule has 0 saturated carbocycles. The quantitative estimate of drug-likeness (QED) is 0.487. The van der Waals surface area contributed by atoms with Crippen LogP contribution in [0.5, 0.6) is 0 Å². The van der Waals surface area contributed by atoms with Crippen molar-refractivity contribution in [3.05, 3.63) is 67.3 Å². The van der Waals surface area contributed by atoms with Gasteiger partial charge in [-0.15, -0.1) is 0 Å². The molecule has 4 rings (SSSR count). The molecule has 0 amide bonds. The van der Waals surface area contributed by atoms with E-state index in [2.05, 4.69) is 4.99 Å². The molecule has 26 heavy (non-hydrogen) atoms. The van der Waals surface area contributed by atoms with Gasteiger partial charge in [-0.3, -0.25) is 19.9 Å². The number of nitro groups is 1. The predicted octanol–water partition coefficient (Wildman–Crippen LogP) is 4.58. The molecule has 0 spiro atoms. The first-order valence-corrected chi connectivity index (χ1v) is 8.24. The Balaban J connectivity index is 2.02. The number of rotatable bonds is 2. The van der Waals surface area contributed by atoms with Gasteiger partial charge < -0.3 is 9.32 Å². The van der Waals surface area contributed by atoms with Crippen molar-refractivity contribution >= 4 is 51.7 Å². The monoisotopic (exact) mass is 369 g/mol. The summed E-state index contributed by atoms with van der Waals surface area (Å²) in [7, 11) is 0. The van der Waals surface area contributed by atoms with Gasteiger partial charge in [-0.2, -0.15) is 0 Å². The van der Waals surface area contributed by atoms with Crippen LogP contribution in [0.25, 0.3) is 11.0 Å². The third kappa shape index (κ3) is 2.44. The molecule has 1 aliphatic heterocycles. The molecule has 0 radical (unpaired) electrons. The van der Waals surface area contributed by atoms with E-state index >= 15 is 0 Å². The van der Waals surface area contributed by atoms with Crippen LogP contribution in [-0.4, -0.2) is 17.7 Å². The van der Waals surface area contributed by atoms with Gasteiger partial charge in [0, 0.05) is 29.9 Å². The number of aliphatic imine (C=N–C) groups is 1. The van der Waals surface area contributed by atoms with Crippen LogP contribution in [0.15, 0.2) is 50.6 Å². The fourth-order valence-corrected chi connectivity index (χ4v) is 3.17. The topological polar surface area (TPSA) is 88.9 Å². The van der Waals surface area contributed by atoms with Crippen LogP contribution in [0, 0.1) is 10.1 Å². The molecule has 0 unspecified atom stereocenters. The van der Waals surface area contributed by atoms with Gasteiger partial charge in [0.25, 0.3) is 5.69 Å². The van der Waals surface area contributed by atoms with Crippen LogP contribution in [0.1, 0.15) is 12.5 Å². The summed E-state index contributed by atoms with van der Waals surface area (Å²) in [6, 6.07) is 9.23. The van der Waals surface area contributed by atoms with E-state index in [1.54, 1.807) is 29.2 Å². The number of nitrogens with zero attached hydrogens (tertiary/aromatic N) is 3. The standard InChI is InChI=1S/C18H12ClN3O4/c1-2-21-15-5-4-11(22(24)25)8-14(15)20-9-13-17(23)12-7-10(19)3-6-16(12)26-18(13)21/h3-9H,2H2,1H3. The molecule has 1 aliphatic rings. The van der Waals surface area contributed by atoms with E-state index in [-0.39, 0.29) is 16.7 Å². The molecule has 130 valence electrons. The molecule has 2 heterocycles. The molecule has 2 aromatic carbocycles. The van der Waals surface area contributed by atoms with E-state index in [1.165, 1.54) is 18.3 Å². The maximum Gasteiger partial charge on any atom is 0.271 e. The third-order valence-corrected chi connectivity index (χ3v) is 4.46. The first-order chi connectivity index (χ1) is 12.5. The Labute approximate surface area is 152 Å². The Bertz CT molecular complexity index is 1150. The minimum Gasteiger partial charge on any atom is -0.439 e. The molecule has 0 aliphatic carbocycles. The second kappa shape index (κ2) is 5.96. The fraction of sp³-hybridized carbons (Fsp3) is 0.111. The Kier molecular flexibility index (Phi) is 3.73. The molecule has 0 saturated heterocycles. The summed E-state index contributed by atoms with van der Waals surface area (Å²) in [6.45, 7) is 2.38. The zero-order valence-corrected chi connectivity index (χ0v) is 14.4. The second-order valence-corrected chi connectivity index (χ2v) is 6.16. The summed E-state index contributed by atoms with van der Waals surface area (Å²) in [5, 5.41) is 11.8. The number of halogens is 1. The Morgan fingerprint density at radius 3 is 2.81 bits per heavy atom. The van der Waals surface area contributed by atoms with Crippen LogP contribution in [-0.2, 0) is 0 Å². The minimum absolute atomic E-state index is 0.0702. The number of anilines is 2. The highest BCUT2D eigenvalue weighted by atomic mass is 35.5. The smallest absolute Gasteiger partial charge is 0.271 e. The second-order valence-electron chi connectivity index (χ2n) is 5.72. The van der Waals surface area contributed by atoms with Crippen molar-refractivity contribution < 1.29 is 9.34 Å². The number of non-ortho nitro benzene ring substituents is 1. The molecule has 8 heteroatoms. The highest BCUT2D eigenvalue weighted by Crippen LogP contribution is 2.40. The van der Waals surface area contributed by atoms with Gasteiger partial charge in [-0.1, -0.05) is 11.6 Å². The van der Waals surface area contributed by atoms with Gasteiger partial charge in [-0.25, -0.2) is 0 Å². The van der Waals surface area contributed by atoms with E-state index in [1.807, 2.05) is 6.92 Å². The minimum atomic E-state index is -0.482. The SMILES string of the molecule is CCN1c2ccc([N+](=O)[O-])cc2N=Cc2c1oc1ccc(Cl)cc1c2=O. The van der Waals surface area contributed by atoms with Crippen LogP contribution in [0.2, 0.25) is 5.02 Å². The lowest BCUT2D eigenvalue weighted by molar-refractivity contribution is -0.384. The molecule has 0 N–H and O–H groups in total. The van der Waals surface area contributed by atoms with Gasteiger partial charge in [0.2, 0.25) is 11.3 Å². The highest BCUT2D eigenvalue weighted by molar-refractivity contribution is 6.31. The van der Waals surface area contributed by atoms with E-state index in [9.17, 15) is 14.9 Å². The van der Waals surface area contributed by atoms with Gasteiger partial charge in [0.1, 0.15) is 11.1 Å². The first-order valence-electron chi connectivity index (χ1n) is 7.86. The maximum absolute atomic E-state index is 12.9. The van der Waals surface area contributed by atoms with Gasteiger partial charge in [0.05, 0.1) is 21.7 Å². The van der Waals surface area contributed by atoms with Crippen molar-refractivity contribution in [1.29, 1.82) is 0 Å². The number of fused-ring (bicyclic) bond motifs is 3. The van der Waals surface area contributed by atoms with E-state index in [0.29, 0.717) is 39.8 Å². The fourth-order valence-electron chi connectivity index (χ4n) is 3.00. The lowest BCUT2D eigenvalue weighted by Crippen LogP contribution is -2.21. The summed E-state index contributed by atoms with van der Waals surface area (Å²) in [5.41, 5.74) is 1.39. The summed E-state index contributed by atoms with van der Waals surface area (Å²) in [5.74, 6) is 0.351. The average molecular weight is 370 g/mol. The van der Waals surface area contributed by atoms with Crippen molar-refractivity contribution in [2.75, 3.05) is 11.4 Å². The first kappa shape index (κ1) is 16.3. The summed E-state index contributed by atoms with van der Waals surface area (Å²) in [6.07, 6.45) is 1.39. The van der Waals surface area contributed by atoms with Crippen molar-refractivity contribution in [3.8, 4) is 0 Å². The molecule has 0 bridgehead atoms. The number of nitro benzene ring substituents is 1. The maximum atomic E-state index is 12.9. The summed E-state index contributed by atoms with van der Waals surface area (Å²) < 4.78 is 5.98. The zero-order chi connectivity index (χ0) is 18.4. The van der Waals surface area contributed by atoms with E-state index in [4.69, 9.17) is 16.0 Å². The van der Waals surface area contributed by atoms with Crippen molar-refractivity contribution in [3.63, 3.8) is 0 Å². The van der Waals surface area contributed by atoms with Crippen LogP contribution in [0.3, 0.4) is 0 Å².